The summed E-state index contributed by atoms with van der Waals surface area (Å²) >= 11 is 0. The van der Waals surface area contributed by atoms with Gasteiger partial charge in [-0.25, -0.2) is 4.98 Å². The average molecular weight is 580 g/mol. The molecule has 2 fully saturated rings. The summed E-state index contributed by atoms with van der Waals surface area (Å²) in [6, 6.07) is 16.5. The number of fused-ring (bicyclic) bond motifs is 4. The second-order valence-electron chi connectivity index (χ2n) is 15.6. The molecular weight excluding hydrogens is 532 g/mol. The monoisotopic (exact) mass is 579 g/mol. The summed E-state index contributed by atoms with van der Waals surface area (Å²) < 4.78 is 2.84. The SMILES string of the molecule is CC1=CC(C)=C(C2CCCCC2)C2(c3nc4ccccc4c4c3-c3c5c(cc(C)cc5cc[n+]32)C4(C)C)C1C1CCCCC1. The zero-order chi connectivity index (χ0) is 30.0. The molecule has 1 aliphatic heterocycles. The smallest absolute Gasteiger partial charge is 0.240 e. The van der Waals surface area contributed by atoms with Crippen LogP contribution in [0, 0.1) is 24.7 Å². The van der Waals surface area contributed by atoms with Gasteiger partial charge in [-0.15, -0.1) is 0 Å². The minimum absolute atomic E-state index is 0.127. The first-order valence-corrected chi connectivity index (χ1v) is 17.7. The predicted molar refractivity (Wildman–Crippen MR) is 182 cm³/mol. The molecule has 0 radical (unpaired) electrons. The van der Waals surface area contributed by atoms with Gasteiger partial charge in [0.05, 0.1) is 22.4 Å². The molecule has 2 aromatic heterocycles. The van der Waals surface area contributed by atoms with Gasteiger partial charge in [0.2, 0.25) is 11.2 Å². The maximum Gasteiger partial charge on any atom is 0.240 e. The fourth-order valence-corrected chi connectivity index (χ4v) is 11.3. The molecule has 2 heteroatoms. The Morgan fingerprint density at radius 1 is 0.841 bits per heavy atom. The fourth-order valence-electron chi connectivity index (χ4n) is 11.3. The van der Waals surface area contributed by atoms with Crippen molar-refractivity contribution in [2.24, 2.45) is 17.8 Å². The van der Waals surface area contributed by atoms with Crippen LogP contribution in [-0.4, -0.2) is 4.98 Å². The van der Waals surface area contributed by atoms with E-state index in [9.17, 15) is 0 Å². The molecule has 2 nitrogen and oxygen atoms in total. The van der Waals surface area contributed by atoms with E-state index in [4.69, 9.17) is 4.98 Å². The van der Waals surface area contributed by atoms with Gasteiger partial charge in [-0.3, -0.25) is 0 Å². The highest BCUT2D eigenvalue weighted by Crippen LogP contribution is 2.63. The van der Waals surface area contributed by atoms with Crippen molar-refractivity contribution >= 4 is 21.7 Å². The average Bonchev–Trinajstić information content (AvgIpc) is 3.29. The van der Waals surface area contributed by atoms with Crippen LogP contribution >= 0.6 is 0 Å². The van der Waals surface area contributed by atoms with Crippen molar-refractivity contribution in [2.45, 2.75) is 110 Å². The molecule has 0 bridgehead atoms. The summed E-state index contributed by atoms with van der Waals surface area (Å²) in [6.45, 7) is 12.2. The molecule has 2 unspecified atom stereocenters. The van der Waals surface area contributed by atoms with E-state index in [-0.39, 0.29) is 11.0 Å². The molecule has 0 amide bonds. The summed E-state index contributed by atoms with van der Waals surface area (Å²) in [4.78, 5) is 5.90. The molecule has 2 saturated carbocycles. The van der Waals surface area contributed by atoms with Crippen LogP contribution in [0.5, 0.6) is 0 Å². The number of pyridine rings is 2. The van der Waals surface area contributed by atoms with Gasteiger partial charge >= 0.3 is 0 Å². The molecule has 0 saturated heterocycles. The molecule has 224 valence electrons. The molecule has 5 aliphatic rings. The zero-order valence-corrected chi connectivity index (χ0v) is 27.4. The topological polar surface area (TPSA) is 16.8 Å². The molecule has 2 aromatic carbocycles. The van der Waals surface area contributed by atoms with Gasteiger partial charge in [-0.1, -0.05) is 99.9 Å². The Labute approximate surface area is 263 Å². The molecule has 9 rings (SSSR count). The molecule has 0 N–H and O–H groups in total. The highest BCUT2D eigenvalue weighted by atomic mass is 15.1. The van der Waals surface area contributed by atoms with Crippen molar-refractivity contribution in [3.05, 3.63) is 93.8 Å². The third-order valence-electron chi connectivity index (χ3n) is 12.7. The number of hydrogen-bond acceptors (Lipinski definition) is 1. The quantitative estimate of drug-likeness (QED) is 0.216. The summed E-state index contributed by atoms with van der Waals surface area (Å²) in [5.41, 5.74) is 14.2. The zero-order valence-electron chi connectivity index (χ0n) is 27.4. The number of nitrogens with zero attached hydrogens (tertiary/aromatic N) is 2. The maximum atomic E-state index is 5.90. The van der Waals surface area contributed by atoms with E-state index in [0.29, 0.717) is 17.8 Å². The standard InChI is InChI=1S/C42H47N2/c1-25-22-30-20-21-44-39-34(30)32(23-25)41(4,5)38-31-18-12-13-19-33(31)43-40(35(38)39)42(44)36(28-14-8-6-9-15-28)26(2)24-27(3)37(42)29-16-10-7-11-17-29/h12-13,18-24,28-29,36H,6-11,14-17H2,1-5H3/q+1. The Morgan fingerprint density at radius 3 is 2.34 bits per heavy atom. The molecule has 3 heterocycles. The maximum absolute atomic E-state index is 5.90. The van der Waals surface area contributed by atoms with Crippen LogP contribution < -0.4 is 4.57 Å². The first kappa shape index (κ1) is 27.1. The van der Waals surface area contributed by atoms with Crippen molar-refractivity contribution in [3.63, 3.8) is 0 Å². The number of aromatic nitrogens is 2. The number of para-hydroxylation sites is 1. The number of allylic oxidation sites excluding steroid dienone is 4. The van der Waals surface area contributed by atoms with Gasteiger partial charge in [0.25, 0.3) is 0 Å². The highest BCUT2D eigenvalue weighted by Gasteiger charge is 2.66. The number of rotatable bonds is 2. The molecular formula is C42H47N2+. The van der Waals surface area contributed by atoms with Gasteiger partial charge < -0.3 is 0 Å². The summed E-state index contributed by atoms with van der Waals surface area (Å²) in [7, 11) is 0. The van der Waals surface area contributed by atoms with E-state index in [1.807, 2.05) is 0 Å². The Kier molecular flexibility index (Phi) is 5.77. The van der Waals surface area contributed by atoms with E-state index in [1.165, 1.54) is 125 Å². The van der Waals surface area contributed by atoms with E-state index >= 15 is 0 Å². The lowest BCUT2D eigenvalue weighted by Crippen LogP contribution is -2.64. The number of benzene rings is 2. The predicted octanol–water partition coefficient (Wildman–Crippen LogP) is 10.4. The van der Waals surface area contributed by atoms with Crippen LogP contribution in [0.4, 0.5) is 0 Å². The number of hydrogen-bond donors (Lipinski definition) is 0. The summed E-state index contributed by atoms with van der Waals surface area (Å²) in [6.07, 6.45) is 18.6. The first-order chi connectivity index (χ1) is 21.3. The Morgan fingerprint density at radius 2 is 1.57 bits per heavy atom. The van der Waals surface area contributed by atoms with E-state index in [0.717, 1.165) is 0 Å². The van der Waals surface area contributed by atoms with Crippen LogP contribution in [-0.2, 0) is 11.0 Å². The Balaban J connectivity index is 1.51. The van der Waals surface area contributed by atoms with E-state index < -0.39 is 0 Å². The molecule has 2 atom stereocenters. The molecule has 4 aliphatic carbocycles. The Bertz CT molecular complexity index is 1940. The van der Waals surface area contributed by atoms with Crippen LogP contribution in [0.1, 0.15) is 114 Å². The van der Waals surface area contributed by atoms with Crippen molar-refractivity contribution in [1.82, 2.24) is 4.98 Å². The van der Waals surface area contributed by atoms with Gasteiger partial charge in [-0.2, -0.15) is 4.57 Å². The third kappa shape index (κ3) is 3.33. The molecule has 4 aromatic rings. The minimum atomic E-state index is -0.271. The third-order valence-corrected chi connectivity index (χ3v) is 12.7. The largest absolute Gasteiger partial charge is 0.244 e. The van der Waals surface area contributed by atoms with E-state index in [2.05, 4.69) is 93.9 Å². The lowest BCUT2D eigenvalue weighted by atomic mass is 9.56. The minimum Gasteiger partial charge on any atom is -0.244 e. The summed E-state index contributed by atoms with van der Waals surface area (Å²) in [5.74, 6) is 1.73. The van der Waals surface area contributed by atoms with Crippen LogP contribution in [0.15, 0.2) is 71.5 Å². The molecule has 1 spiro atoms. The van der Waals surface area contributed by atoms with Gasteiger partial charge in [0, 0.05) is 22.4 Å². The van der Waals surface area contributed by atoms with Gasteiger partial charge in [0.15, 0.2) is 6.20 Å². The normalized spacial score (nSPS) is 26.2. The lowest BCUT2D eigenvalue weighted by Gasteiger charge is -2.46. The first-order valence-electron chi connectivity index (χ1n) is 17.7. The van der Waals surface area contributed by atoms with Crippen LogP contribution in [0.25, 0.3) is 32.9 Å². The van der Waals surface area contributed by atoms with Crippen LogP contribution in [0.2, 0.25) is 0 Å². The highest BCUT2D eigenvalue weighted by molar-refractivity contribution is 6.06. The molecule has 44 heavy (non-hydrogen) atoms. The van der Waals surface area contributed by atoms with Crippen LogP contribution in [0.3, 0.4) is 0 Å². The Hall–Kier alpha value is -3.26. The second kappa shape index (κ2) is 9.38. The van der Waals surface area contributed by atoms with Crippen molar-refractivity contribution < 1.29 is 4.57 Å². The lowest BCUT2D eigenvalue weighted by molar-refractivity contribution is -0.738. The second-order valence-corrected chi connectivity index (χ2v) is 15.6. The van der Waals surface area contributed by atoms with E-state index in [1.54, 1.807) is 11.1 Å². The number of aryl methyl sites for hydroxylation is 1. The van der Waals surface area contributed by atoms with Crippen molar-refractivity contribution in [1.29, 1.82) is 0 Å². The van der Waals surface area contributed by atoms with Crippen molar-refractivity contribution in [2.75, 3.05) is 0 Å². The van der Waals surface area contributed by atoms with Gasteiger partial charge in [-0.05, 0) is 86.4 Å². The van der Waals surface area contributed by atoms with Gasteiger partial charge in [0.1, 0.15) is 5.69 Å². The van der Waals surface area contributed by atoms with Crippen molar-refractivity contribution in [3.8, 4) is 11.3 Å². The summed E-state index contributed by atoms with van der Waals surface area (Å²) in [5, 5.41) is 4.20. The fraction of sp³-hybridized carbons (Fsp3) is 0.476.